The van der Waals surface area contributed by atoms with E-state index in [9.17, 15) is 23.9 Å². The minimum atomic E-state index is -1.09. The minimum absolute atomic E-state index is 0.0259. The fraction of sp³-hybridized carbons (Fsp3) is 0.370. The maximum Gasteiger partial charge on any atom is 0.276 e. The van der Waals surface area contributed by atoms with Crippen molar-refractivity contribution in [3.63, 3.8) is 0 Å². The highest BCUT2D eigenvalue weighted by Gasteiger charge is 2.27. The number of carbonyl (C=O) groups is 1. The summed E-state index contributed by atoms with van der Waals surface area (Å²) in [5.41, 5.74) is 2.70. The maximum absolute atomic E-state index is 13.8. The van der Waals surface area contributed by atoms with Crippen molar-refractivity contribution in [1.29, 1.82) is 0 Å². The number of hydrogen-bond donors (Lipinski definition) is 3. The molecule has 1 aromatic heterocycles. The van der Waals surface area contributed by atoms with Gasteiger partial charge in [0.25, 0.3) is 5.91 Å². The average Bonchev–Trinajstić information content (AvgIpc) is 2.84. The van der Waals surface area contributed by atoms with Crippen LogP contribution in [0.1, 0.15) is 53.1 Å². The van der Waals surface area contributed by atoms with Crippen LogP contribution < -0.4 is 15.4 Å². The predicted molar refractivity (Wildman–Crippen MR) is 132 cm³/mol. The Morgan fingerprint density at radius 1 is 1.11 bits per heavy atom. The molecule has 3 aromatic rings. The molecule has 1 heterocycles. The van der Waals surface area contributed by atoms with Gasteiger partial charge in [-0.2, -0.15) is 4.73 Å². The summed E-state index contributed by atoms with van der Waals surface area (Å²) in [4.78, 5) is 17.2. The molecule has 0 saturated carbocycles. The van der Waals surface area contributed by atoms with Gasteiger partial charge in [-0.1, -0.05) is 38.1 Å². The first-order valence-corrected chi connectivity index (χ1v) is 12.1. The first-order chi connectivity index (χ1) is 17.3. The highest BCUT2D eigenvalue weighted by molar-refractivity contribution is 5.93. The number of halogens is 2. The van der Waals surface area contributed by atoms with Crippen LogP contribution in [0.2, 0.25) is 0 Å². The molecule has 0 bridgehead atoms. The molecule has 7 nitrogen and oxygen atoms in total. The van der Waals surface area contributed by atoms with Crippen LogP contribution in [0.3, 0.4) is 0 Å². The molecule has 0 fully saturated rings. The Labute approximate surface area is 209 Å². The third-order valence-electron chi connectivity index (χ3n) is 5.89. The molecule has 36 heavy (non-hydrogen) atoms. The van der Waals surface area contributed by atoms with Gasteiger partial charge in [-0.25, -0.2) is 13.8 Å². The molecular weight excluding hydrogens is 466 g/mol. The Morgan fingerprint density at radius 3 is 2.53 bits per heavy atom. The third-order valence-corrected chi connectivity index (χ3v) is 5.89. The number of nitrogens with one attached hydrogen (secondary N) is 2. The van der Waals surface area contributed by atoms with Gasteiger partial charge in [0.2, 0.25) is 5.69 Å². The van der Waals surface area contributed by atoms with Gasteiger partial charge in [0.15, 0.2) is 11.9 Å². The Bertz CT molecular complexity index is 1160. The summed E-state index contributed by atoms with van der Waals surface area (Å²) in [6, 6.07) is 10.2. The number of hydrogen-bond acceptors (Lipinski definition) is 5. The lowest BCUT2D eigenvalue weighted by Crippen LogP contribution is -2.49. The van der Waals surface area contributed by atoms with E-state index in [-0.39, 0.29) is 29.9 Å². The molecule has 3 N–H and O–H groups in total. The summed E-state index contributed by atoms with van der Waals surface area (Å²) in [6.07, 6.45) is 3.23. The van der Waals surface area contributed by atoms with E-state index in [0.29, 0.717) is 24.1 Å². The van der Waals surface area contributed by atoms with Crippen molar-refractivity contribution in [2.24, 2.45) is 0 Å². The smallest absolute Gasteiger partial charge is 0.276 e. The first kappa shape index (κ1) is 27.2. The van der Waals surface area contributed by atoms with E-state index in [1.54, 1.807) is 0 Å². The van der Waals surface area contributed by atoms with E-state index in [1.165, 1.54) is 18.0 Å². The summed E-state index contributed by atoms with van der Waals surface area (Å²) in [6.45, 7) is 4.56. The molecule has 3 rings (SSSR count). The molecular formula is C27H32F2N4O3. The number of rotatable bonds is 12. The summed E-state index contributed by atoms with van der Waals surface area (Å²) in [7, 11) is 0. The summed E-state index contributed by atoms with van der Waals surface area (Å²) in [5.74, 6) is -2.14. The van der Waals surface area contributed by atoms with Crippen molar-refractivity contribution in [2.45, 2.75) is 58.2 Å². The maximum atomic E-state index is 13.8. The fourth-order valence-corrected chi connectivity index (χ4v) is 4.06. The van der Waals surface area contributed by atoms with E-state index < -0.39 is 29.7 Å². The van der Waals surface area contributed by atoms with Gasteiger partial charge in [0.05, 0.1) is 18.3 Å². The zero-order valence-corrected chi connectivity index (χ0v) is 20.5. The molecule has 2 aromatic carbocycles. The number of amides is 1. The number of nitrogens with zero attached hydrogens (tertiary/aromatic N) is 2. The Balaban J connectivity index is 1.77. The highest BCUT2D eigenvalue weighted by atomic mass is 19.1. The molecule has 9 heteroatoms. The van der Waals surface area contributed by atoms with Gasteiger partial charge in [0, 0.05) is 25.6 Å². The second kappa shape index (κ2) is 13.0. The van der Waals surface area contributed by atoms with Crippen LogP contribution in [0.15, 0.2) is 54.9 Å². The lowest BCUT2D eigenvalue weighted by atomic mass is 10.00. The number of aryl methyl sites for hydroxylation is 1. The average molecular weight is 499 g/mol. The van der Waals surface area contributed by atoms with Crippen molar-refractivity contribution in [1.82, 2.24) is 15.6 Å². The number of aliphatic hydroxyl groups excluding tert-OH is 1. The normalized spacial score (nSPS) is 12.8. The lowest BCUT2D eigenvalue weighted by Gasteiger charge is -2.25. The highest BCUT2D eigenvalue weighted by Crippen LogP contribution is 2.13. The molecule has 0 aliphatic heterocycles. The van der Waals surface area contributed by atoms with Gasteiger partial charge >= 0.3 is 0 Å². The Kier molecular flexibility index (Phi) is 9.84. The molecule has 0 saturated heterocycles. The standard InChI is InChI=1S/C27H32F2N4O3/c1-3-6-24-26(31-9-10-33(24)36)27(35)32-23(14-20-12-21(28)15-22(29)13-20)25(34)17-30-16-19-8-5-7-18(4-2)11-19/h5,7-13,15,23,25,30,34H,3-4,6,14,16-17H2,1-2H3,(H,32,35)/t23-,25+/m0/s1. The summed E-state index contributed by atoms with van der Waals surface area (Å²) >= 11 is 0. The molecule has 1 amide bonds. The van der Waals surface area contributed by atoms with Crippen LogP contribution >= 0.6 is 0 Å². The molecule has 0 spiro atoms. The number of carbonyl (C=O) groups excluding carboxylic acids is 1. The van der Waals surface area contributed by atoms with Gasteiger partial charge in [-0.15, -0.1) is 0 Å². The van der Waals surface area contributed by atoms with Crippen molar-refractivity contribution in [3.05, 3.63) is 99.8 Å². The zero-order chi connectivity index (χ0) is 26.1. The SMILES string of the molecule is CCCc1c(C(=O)N[C@@H](Cc2cc(F)cc(F)c2)[C@H](O)CNCc2cccc(CC)c2)ncc[n+]1[O-]. The van der Waals surface area contributed by atoms with Crippen molar-refractivity contribution < 1.29 is 23.4 Å². The van der Waals surface area contributed by atoms with Gasteiger partial charge in [-0.05, 0) is 48.1 Å². The molecule has 0 aliphatic carbocycles. The summed E-state index contributed by atoms with van der Waals surface area (Å²) < 4.78 is 28.2. The quantitative estimate of drug-likeness (QED) is 0.263. The second-order valence-corrected chi connectivity index (χ2v) is 8.73. The van der Waals surface area contributed by atoms with Crippen molar-refractivity contribution >= 4 is 5.91 Å². The molecule has 2 atom stereocenters. The zero-order valence-electron chi connectivity index (χ0n) is 20.5. The monoisotopic (exact) mass is 498 g/mol. The van der Waals surface area contributed by atoms with Crippen LogP contribution in [0.5, 0.6) is 0 Å². The minimum Gasteiger partial charge on any atom is -0.618 e. The number of benzene rings is 2. The third kappa shape index (κ3) is 7.53. The van der Waals surface area contributed by atoms with E-state index in [0.717, 1.165) is 30.2 Å². The number of aliphatic hydroxyl groups is 1. The fourth-order valence-electron chi connectivity index (χ4n) is 4.06. The second-order valence-electron chi connectivity index (χ2n) is 8.73. The van der Waals surface area contributed by atoms with E-state index >= 15 is 0 Å². The van der Waals surface area contributed by atoms with Crippen LogP contribution in [-0.4, -0.2) is 34.7 Å². The topological polar surface area (TPSA) is 101 Å². The predicted octanol–water partition coefficient (Wildman–Crippen LogP) is 3.00. The van der Waals surface area contributed by atoms with Crippen LogP contribution in [0.25, 0.3) is 0 Å². The van der Waals surface area contributed by atoms with E-state index in [2.05, 4.69) is 28.6 Å². The van der Waals surface area contributed by atoms with E-state index in [4.69, 9.17) is 0 Å². The molecule has 192 valence electrons. The summed E-state index contributed by atoms with van der Waals surface area (Å²) in [5, 5.41) is 29.1. The van der Waals surface area contributed by atoms with Crippen LogP contribution in [0.4, 0.5) is 8.78 Å². The molecule has 0 aliphatic rings. The number of aromatic nitrogens is 2. The molecule has 0 radical (unpaired) electrons. The first-order valence-electron chi connectivity index (χ1n) is 12.1. The Morgan fingerprint density at radius 2 is 1.83 bits per heavy atom. The largest absolute Gasteiger partial charge is 0.618 e. The van der Waals surface area contributed by atoms with Crippen LogP contribution in [0, 0.1) is 16.8 Å². The van der Waals surface area contributed by atoms with Crippen LogP contribution in [-0.2, 0) is 25.8 Å². The Hall–Kier alpha value is -3.43. The van der Waals surface area contributed by atoms with Crippen molar-refractivity contribution in [3.8, 4) is 0 Å². The van der Waals surface area contributed by atoms with Gasteiger partial charge in [0.1, 0.15) is 11.6 Å². The van der Waals surface area contributed by atoms with Gasteiger partial charge < -0.3 is 20.9 Å². The van der Waals surface area contributed by atoms with Crippen molar-refractivity contribution in [2.75, 3.05) is 6.54 Å². The lowest BCUT2D eigenvalue weighted by molar-refractivity contribution is -0.614. The van der Waals surface area contributed by atoms with Gasteiger partial charge in [-0.3, -0.25) is 4.79 Å². The molecule has 0 unspecified atom stereocenters. The van der Waals surface area contributed by atoms with E-state index in [1.807, 2.05) is 25.1 Å².